The van der Waals surface area contributed by atoms with Crippen molar-refractivity contribution in [1.29, 1.82) is 0 Å². The molecule has 3 rings (SSSR count). The van der Waals surface area contributed by atoms with Gasteiger partial charge >= 0.3 is 6.03 Å². The van der Waals surface area contributed by atoms with Crippen LogP contribution in [0.2, 0.25) is 0 Å². The molecular formula is C18H22N4O3S. The first-order chi connectivity index (χ1) is 12.4. The number of thioether (sulfide) groups is 1. The van der Waals surface area contributed by atoms with Crippen LogP contribution >= 0.6 is 11.8 Å². The fourth-order valence-electron chi connectivity index (χ4n) is 2.87. The zero-order valence-corrected chi connectivity index (χ0v) is 15.9. The Morgan fingerprint density at radius 1 is 1.27 bits per heavy atom. The summed E-state index contributed by atoms with van der Waals surface area (Å²) in [6, 6.07) is 6.84. The molecule has 1 aliphatic rings. The number of imide groups is 1. The minimum Gasteiger partial charge on any atom is -0.336 e. The van der Waals surface area contributed by atoms with E-state index in [-0.39, 0.29) is 23.4 Å². The second-order valence-corrected chi connectivity index (χ2v) is 8.01. The Hall–Kier alpha value is -2.35. The van der Waals surface area contributed by atoms with E-state index in [1.807, 2.05) is 26.0 Å². The van der Waals surface area contributed by atoms with Gasteiger partial charge in [-0.1, -0.05) is 37.7 Å². The van der Waals surface area contributed by atoms with Gasteiger partial charge in [-0.2, -0.15) is 0 Å². The van der Waals surface area contributed by atoms with Gasteiger partial charge in [0.25, 0.3) is 5.56 Å². The van der Waals surface area contributed by atoms with Gasteiger partial charge in [-0.3, -0.25) is 19.1 Å². The summed E-state index contributed by atoms with van der Waals surface area (Å²) >= 11 is 1.22. The van der Waals surface area contributed by atoms with E-state index in [2.05, 4.69) is 10.3 Å². The number of aromatic nitrogens is 2. The fourth-order valence-corrected chi connectivity index (χ4v) is 3.85. The average Bonchev–Trinajstić information content (AvgIpc) is 3.03. The van der Waals surface area contributed by atoms with Gasteiger partial charge < -0.3 is 5.32 Å². The lowest BCUT2D eigenvalue weighted by Crippen LogP contribution is -2.39. The molecule has 3 amide bonds. The number of urea groups is 1. The Balaban J connectivity index is 1.96. The monoisotopic (exact) mass is 374 g/mol. The first-order valence-corrected chi connectivity index (χ1v) is 9.52. The van der Waals surface area contributed by atoms with E-state index in [0.29, 0.717) is 35.7 Å². The van der Waals surface area contributed by atoms with Crippen molar-refractivity contribution in [3.05, 3.63) is 34.6 Å². The maximum Gasteiger partial charge on any atom is 0.324 e. The zero-order valence-electron chi connectivity index (χ0n) is 15.1. The number of hydrogen-bond donors (Lipinski definition) is 1. The Labute approximate surface area is 155 Å². The third kappa shape index (κ3) is 3.60. The van der Waals surface area contributed by atoms with E-state index in [1.165, 1.54) is 16.7 Å². The number of hydrogen-bond acceptors (Lipinski definition) is 5. The molecule has 1 aliphatic heterocycles. The van der Waals surface area contributed by atoms with E-state index in [9.17, 15) is 14.4 Å². The van der Waals surface area contributed by atoms with Crippen molar-refractivity contribution in [2.75, 3.05) is 13.1 Å². The topological polar surface area (TPSA) is 84.3 Å². The number of para-hydroxylation sites is 1. The van der Waals surface area contributed by atoms with Crippen molar-refractivity contribution >= 4 is 34.6 Å². The highest BCUT2D eigenvalue weighted by atomic mass is 32.2. The standard InChI is InChI=1S/C18H22N4O3S/c1-11(2)10-22-16(24)13-6-4-5-7-14(13)20-18(22)26-12(3)15(23)21-9-8-19-17(21)25/h4-7,11-12H,8-10H2,1-3H3,(H,19,25)/t12-/m0/s1. The molecule has 0 aliphatic carbocycles. The van der Waals surface area contributed by atoms with Crippen LogP contribution in [-0.4, -0.2) is 44.7 Å². The molecule has 0 spiro atoms. The van der Waals surface area contributed by atoms with Gasteiger partial charge in [-0.15, -0.1) is 0 Å². The highest BCUT2D eigenvalue weighted by molar-refractivity contribution is 8.00. The van der Waals surface area contributed by atoms with Crippen LogP contribution in [0.25, 0.3) is 10.9 Å². The van der Waals surface area contributed by atoms with Crippen molar-refractivity contribution in [1.82, 2.24) is 19.8 Å². The number of carbonyl (C=O) groups excluding carboxylic acids is 2. The number of rotatable bonds is 5. The van der Waals surface area contributed by atoms with E-state index >= 15 is 0 Å². The third-order valence-electron chi connectivity index (χ3n) is 4.13. The summed E-state index contributed by atoms with van der Waals surface area (Å²) in [4.78, 5) is 43.0. The summed E-state index contributed by atoms with van der Waals surface area (Å²) in [5.74, 6) is -0.0196. The van der Waals surface area contributed by atoms with Crippen molar-refractivity contribution < 1.29 is 9.59 Å². The minimum absolute atomic E-state index is 0.106. The van der Waals surface area contributed by atoms with Gasteiger partial charge in [0.15, 0.2) is 5.16 Å². The molecule has 26 heavy (non-hydrogen) atoms. The molecule has 1 fully saturated rings. The normalized spacial score (nSPS) is 15.5. The molecule has 0 radical (unpaired) electrons. The van der Waals surface area contributed by atoms with Gasteiger partial charge in [0, 0.05) is 19.6 Å². The van der Waals surface area contributed by atoms with Crippen LogP contribution in [-0.2, 0) is 11.3 Å². The second-order valence-electron chi connectivity index (χ2n) is 6.70. The number of fused-ring (bicyclic) bond motifs is 1. The van der Waals surface area contributed by atoms with Gasteiger partial charge in [-0.25, -0.2) is 9.78 Å². The first-order valence-electron chi connectivity index (χ1n) is 8.64. The predicted molar refractivity (Wildman–Crippen MR) is 101 cm³/mol. The molecule has 2 heterocycles. The van der Waals surface area contributed by atoms with E-state index < -0.39 is 5.25 Å². The average molecular weight is 374 g/mol. The zero-order chi connectivity index (χ0) is 18.8. The number of benzene rings is 1. The van der Waals surface area contributed by atoms with Crippen LogP contribution in [0.1, 0.15) is 20.8 Å². The van der Waals surface area contributed by atoms with Crippen LogP contribution < -0.4 is 10.9 Å². The van der Waals surface area contributed by atoms with E-state index in [0.717, 1.165) is 0 Å². The summed E-state index contributed by atoms with van der Waals surface area (Å²) in [6.45, 7) is 7.14. The molecule has 2 aromatic rings. The highest BCUT2D eigenvalue weighted by Crippen LogP contribution is 2.25. The molecule has 0 bridgehead atoms. The molecule has 0 unspecified atom stereocenters. The SMILES string of the molecule is CC(C)Cn1c(S[C@@H](C)C(=O)N2CCNC2=O)nc2ccccc2c1=O. The van der Waals surface area contributed by atoms with Crippen molar-refractivity contribution in [2.24, 2.45) is 5.92 Å². The van der Waals surface area contributed by atoms with Gasteiger partial charge in [0.2, 0.25) is 5.91 Å². The first kappa shape index (κ1) is 18.4. The highest BCUT2D eigenvalue weighted by Gasteiger charge is 2.31. The number of nitrogens with zero attached hydrogens (tertiary/aromatic N) is 3. The van der Waals surface area contributed by atoms with Crippen LogP contribution in [0.5, 0.6) is 0 Å². The van der Waals surface area contributed by atoms with Gasteiger partial charge in [0.1, 0.15) is 0 Å². The fraction of sp³-hybridized carbons (Fsp3) is 0.444. The van der Waals surface area contributed by atoms with Crippen LogP contribution in [0, 0.1) is 5.92 Å². The predicted octanol–water partition coefficient (Wildman–Crippen LogP) is 2.08. The van der Waals surface area contributed by atoms with E-state index in [4.69, 9.17) is 0 Å². The molecule has 0 saturated carbocycles. The molecule has 1 aromatic carbocycles. The maximum absolute atomic E-state index is 12.9. The van der Waals surface area contributed by atoms with E-state index in [1.54, 1.807) is 23.6 Å². The quantitative estimate of drug-likeness (QED) is 0.640. The molecule has 1 atom stereocenters. The number of amides is 3. The lowest BCUT2D eigenvalue weighted by atomic mass is 10.2. The number of nitrogens with one attached hydrogen (secondary N) is 1. The molecule has 1 aromatic heterocycles. The molecule has 1 N–H and O–H groups in total. The number of carbonyl (C=O) groups is 2. The molecule has 138 valence electrons. The molecule has 1 saturated heterocycles. The van der Waals surface area contributed by atoms with Gasteiger partial charge in [0.05, 0.1) is 16.2 Å². The molecule has 8 heteroatoms. The minimum atomic E-state index is -0.523. The molecular weight excluding hydrogens is 352 g/mol. The van der Waals surface area contributed by atoms with Crippen molar-refractivity contribution in [3.8, 4) is 0 Å². The van der Waals surface area contributed by atoms with Crippen LogP contribution in [0.15, 0.2) is 34.2 Å². The Bertz CT molecular complexity index is 909. The lowest BCUT2D eigenvalue weighted by Gasteiger charge is -2.20. The second kappa shape index (κ2) is 7.49. The van der Waals surface area contributed by atoms with Gasteiger partial charge in [-0.05, 0) is 25.0 Å². The lowest BCUT2D eigenvalue weighted by molar-refractivity contribution is -0.126. The summed E-state index contributed by atoms with van der Waals surface area (Å²) in [6.07, 6.45) is 0. The van der Waals surface area contributed by atoms with Crippen LogP contribution in [0.3, 0.4) is 0 Å². The summed E-state index contributed by atoms with van der Waals surface area (Å²) in [5.41, 5.74) is 0.504. The van der Waals surface area contributed by atoms with Crippen LogP contribution in [0.4, 0.5) is 4.79 Å². The Morgan fingerprint density at radius 2 is 2.00 bits per heavy atom. The summed E-state index contributed by atoms with van der Waals surface area (Å²) in [5, 5.41) is 3.17. The Morgan fingerprint density at radius 3 is 2.65 bits per heavy atom. The summed E-state index contributed by atoms with van der Waals surface area (Å²) < 4.78 is 1.63. The molecule has 7 nitrogen and oxygen atoms in total. The van der Waals surface area contributed by atoms with Crippen molar-refractivity contribution in [3.63, 3.8) is 0 Å². The summed E-state index contributed by atoms with van der Waals surface area (Å²) in [7, 11) is 0. The largest absolute Gasteiger partial charge is 0.336 e. The smallest absolute Gasteiger partial charge is 0.324 e. The third-order valence-corrected chi connectivity index (χ3v) is 5.20. The van der Waals surface area contributed by atoms with Crippen molar-refractivity contribution in [2.45, 2.75) is 37.7 Å². The Kier molecular flexibility index (Phi) is 5.31. The maximum atomic E-state index is 12.9.